The number of carboxylic acid groups (broad SMARTS) is 1. The first kappa shape index (κ1) is 15.4. The lowest BCUT2D eigenvalue weighted by molar-refractivity contribution is 0.0696. The zero-order valence-corrected chi connectivity index (χ0v) is 12.9. The molecule has 0 saturated carbocycles. The first-order valence-corrected chi connectivity index (χ1v) is 7.69. The fourth-order valence-corrected chi connectivity index (χ4v) is 3.13. The molecule has 0 saturated heterocycles. The first-order chi connectivity index (χ1) is 10.1. The van der Waals surface area contributed by atoms with Crippen LogP contribution in [0.15, 0.2) is 47.4 Å². The van der Waals surface area contributed by atoms with E-state index in [4.69, 9.17) is 9.84 Å². The summed E-state index contributed by atoms with van der Waals surface area (Å²) in [6.45, 7) is 2.10. The Balaban J connectivity index is 2.07. The zero-order valence-electron chi connectivity index (χ0n) is 12.1. The van der Waals surface area contributed by atoms with Gasteiger partial charge in [0.1, 0.15) is 5.75 Å². The Hall–Kier alpha value is -1.94. The summed E-state index contributed by atoms with van der Waals surface area (Å²) in [5.41, 5.74) is 2.89. The molecule has 0 aliphatic heterocycles. The number of carbonyl (C=O) groups is 1. The van der Waals surface area contributed by atoms with Crippen molar-refractivity contribution in [3.05, 3.63) is 59.2 Å². The van der Waals surface area contributed by atoms with E-state index in [-0.39, 0.29) is 5.56 Å². The predicted octanol–water partition coefficient (Wildman–Crippen LogP) is 4.04. The molecule has 1 N–H and O–H groups in total. The predicted molar refractivity (Wildman–Crippen MR) is 85.6 cm³/mol. The molecule has 0 aromatic heterocycles. The normalized spacial score (nSPS) is 10.4. The van der Waals surface area contributed by atoms with E-state index in [0.29, 0.717) is 0 Å². The number of hydrogen-bond donors (Lipinski definition) is 1. The lowest BCUT2D eigenvalue weighted by Gasteiger charge is -2.10. The lowest BCUT2D eigenvalue weighted by Crippen LogP contribution is -1.98. The van der Waals surface area contributed by atoms with Gasteiger partial charge in [0, 0.05) is 5.75 Å². The van der Waals surface area contributed by atoms with Crippen molar-refractivity contribution >= 4 is 17.7 Å². The van der Waals surface area contributed by atoms with Crippen LogP contribution in [0.1, 0.15) is 21.5 Å². The minimum absolute atomic E-state index is 0.286. The third kappa shape index (κ3) is 4.02. The van der Waals surface area contributed by atoms with Crippen LogP contribution >= 0.6 is 11.8 Å². The molecular formula is C17H18O3S. The SMILES string of the molecule is COc1ccc(C(=O)O)cc1SCCc1ccccc1C. The van der Waals surface area contributed by atoms with Crippen LogP contribution in [0.4, 0.5) is 0 Å². The van der Waals surface area contributed by atoms with Crippen molar-refractivity contribution < 1.29 is 14.6 Å². The molecule has 21 heavy (non-hydrogen) atoms. The van der Waals surface area contributed by atoms with Crippen LogP contribution in [0.2, 0.25) is 0 Å². The molecule has 0 aliphatic rings. The van der Waals surface area contributed by atoms with Crippen LogP contribution in [-0.4, -0.2) is 23.9 Å². The number of aromatic carboxylic acids is 1. The van der Waals surface area contributed by atoms with Crippen LogP contribution in [0.5, 0.6) is 5.75 Å². The number of carboxylic acids is 1. The second-order valence-corrected chi connectivity index (χ2v) is 5.83. The molecule has 0 atom stereocenters. The highest BCUT2D eigenvalue weighted by molar-refractivity contribution is 7.99. The maximum atomic E-state index is 11.0. The van der Waals surface area contributed by atoms with Gasteiger partial charge in [0.15, 0.2) is 0 Å². The Kier molecular flexibility index (Phi) is 5.28. The van der Waals surface area contributed by atoms with Gasteiger partial charge in [-0.25, -0.2) is 4.79 Å². The van der Waals surface area contributed by atoms with Gasteiger partial charge in [0.05, 0.1) is 17.6 Å². The van der Waals surface area contributed by atoms with Crippen LogP contribution in [0, 0.1) is 6.92 Å². The van der Waals surface area contributed by atoms with E-state index in [1.54, 1.807) is 37.1 Å². The van der Waals surface area contributed by atoms with Crippen LogP contribution in [-0.2, 0) is 6.42 Å². The summed E-state index contributed by atoms with van der Waals surface area (Å²) in [5.74, 6) is 0.679. The van der Waals surface area contributed by atoms with Crippen molar-refractivity contribution in [3.8, 4) is 5.75 Å². The molecule has 2 aromatic rings. The number of methoxy groups -OCH3 is 1. The second-order valence-electron chi connectivity index (χ2n) is 4.70. The Morgan fingerprint density at radius 3 is 2.67 bits per heavy atom. The molecule has 0 heterocycles. The number of ether oxygens (including phenoxy) is 1. The quantitative estimate of drug-likeness (QED) is 0.818. The van der Waals surface area contributed by atoms with Crippen LogP contribution in [0.25, 0.3) is 0 Å². The largest absolute Gasteiger partial charge is 0.496 e. The first-order valence-electron chi connectivity index (χ1n) is 6.70. The molecule has 110 valence electrons. The molecule has 2 aromatic carbocycles. The Labute approximate surface area is 129 Å². The summed E-state index contributed by atoms with van der Waals surface area (Å²) < 4.78 is 5.29. The van der Waals surface area contributed by atoms with Gasteiger partial charge in [-0.2, -0.15) is 0 Å². The van der Waals surface area contributed by atoms with Gasteiger partial charge in [0.2, 0.25) is 0 Å². The van der Waals surface area contributed by atoms with Crippen molar-refractivity contribution in [2.75, 3.05) is 12.9 Å². The third-order valence-corrected chi connectivity index (χ3v) is 4.34. The molecule has 0 radical (unpaired) electrons. The minimum Gasteiger partial charge on any atom is -0.496 e. The average molecular weight is 302 g/mol. The summed E-state index contributed by atoms with van der Waals surface area (Å²) in [6, 6.07) is 13.2. The molecule has 4 heteroatoms. The zero-order chi connectivity index (χ0) is 15.2. The molecule has 2 rings (SSSR count). The third-order valence-electron chi connectivity index (χ3n) is 3.30. The van der Waals surface area contributed by atoms with E-state index in [1.807, 2.05) is 12.1 Å². The number of hydrogen-bond acceptors (Lipinski definition) is 3. The fourth-order valence-electron chi connectivity index (χ4n) is 2.08. The van der Waals surface area contributed by atoms with E-state index < -0.39 is 5.97 Å². The number of rotatable bonds is 6. The summed E-state index contributed by atoms with van der Waals surface area (Å²) >= 11 is 1.62. The monoisotopic (exact) mass is 302 g/mol. The summed E-state index contributed by atoms with van der Waals surface area (Å²) in [7, 11) is 1.60. The van der Waals surface area contributed by atoms with E-state index in [2.05, 4.69) is 19.1 Å². The summed E-state index contributed by atoms with van der Waals surface area (Å²) in [4.78, 5) is 11.9. The number of benzene rings is 2. The molecule has 0 amide bonds. The van der Waals surface area contributed by atoms with Crippen LogP contribution in [0.3, 0.4) is 0 Å². The Bertz CT molecular complexity index is 638. The van der Waals surface area contributed by atoms with Crippen LogP contribution < -0.4 is 4.74 Å². The highest BCUT2D eigenvalue weighted by Crippen LogP contribution is 2.31. The van der Waals surface area contributed by atoms with Crippen molar-refractivity contribution in [2.45, 2.75) is 18.2 Å². The van der Waals surface area contributed by atoms with Crippen molar-refractivity contribution in [3.63, 3.8) is 0 Å². The van der Waals surface area contributed by atoms with Crippen molar-refractivity contribution in [1.82, 2.24) is 0 Å². The Morgan fingerprint density at radius 2 is 2.00 bits per heavy atom. The molecule has 0 fully saturated rings. The second kappa shape index (κ2) is 7.18. The molecule has 0 spiro atoms. The molecule has 0 unspecified atom stereocenters. The van der Waals surface area contributed by atoms with Crippen molar-refractivity contribution in [2.24, 2.45) is 0 Å². The maximum absolute atomic E-state index is 11.0. The van der Waals surface area contributed by atoms with Gasteiger partial charge in [0.25, 0.3) is 0 Å². The molecule has 0 aliphatic carbocycles. The van der Waals surface area contributed by atoms with Crippen molar-refractivity contribution in [1.29, 1.82) is 0 Å². The van der Waals surface area contributed by atoms with E-state index in [1.165, 1.54) is 11.1 Å². The van der Waals surface area contributed by atoms with Gasteiger partial charge in [-0.1, -0.05) is 24.3 Å². The topological polar surface area (TPSA) is 46.5 Å². The highest BCUT2D eigenvalue weighted by atomic mass is 32.2. The van der Waals surface area contributed by atoms with Gasteiger partial charge in [-0.3, -0.25) is 0 Å². The number of thioether (sulfide) groups is 1. The van der Waals surface area contributed by atoms with Gasteiger partial charge >= 0.3 is 5.97 Å². The molecular weight excluding hydrogens is 284 g/mol. The minimum atomic E-state index is -0.918. The standard InChI is InChI=1S/C17H18O3S/c1-12-5-3-4-6-13(12)9-10-21-16-11-14(17(18)19)7-8-15(16)20-2/h3-8,11H,9-10H2,1-2H3,(H,18,19). The van der Waals surface area contributed by atoms with E-state index >= 15 is 0 Å². The fraction of sp³-hybridized carbons (Fsp3) is 0.235. The molecule has 0 bridgehead atoms. The smallest absolute Gasteiger partial charge is 0.335 e. The van der Waals surface area contributed by atoms with Gasteiger partial charge in [-0.15, -0.1) is 11.8 Å². The summed E-state index contributed by atoms with van der Waals surface area (Å²) in [6.07, 6.45) is 0.942. The highest BCUT2D eigenvalue weighted by Gasteiger charge is 2.09. The molecule has 3 nitrogen and oxygen atoms in total. The van der Waals surface area contributed by atoms with E-state index in [0.717, 1.165) is 22.8 Å². The Morgan fingerprint density at radius 1 is 1.24 bits per heavy atom. The number of aryl methyl sites for hydroxylation is 2. The van der Waals surface area contributed by atoms with Gasteiger partial charge in [-0.05, 0) is 42.7 Å². The summed E-state index contributed by atoms with van der Waals surface area (Å²) in [5, 5.41) is 9.06. The maximum Gasteiger partial charge on any atom is 0.335 e. The van der Waals surface area contributed by atoms with Gasteiger partial charge < -0.3 is 9.84 Å². The van der Waals surface area contributed by atoms with E-state index in [9.17, 15) is 4.79 Å². The average Bonchev–Trinajstić information content (AvgIpc) is 2.49. The lowest BCUT2D eigenvalue weighted by atomic mass is 10.1.